The number of nitrogens with one attached hydrogen (secondary N) is 1. The van der Waals surface area contributed by atoms with Gasteiger partial charge in [-0.2, -0.15) is 16.1 Å². The van der Waals surface area contributed by atoms with Gasteiger partial charge in [0.15, 0.2) is 0 Å². The molecule has 1 unspecified atom stereocenters. The van der Waals surface area contributed by atoms with Crippen molar-refractivity contribution in [1.29, 1.82) is 0 Å². The van der Waals surface area contributed by atoms with Crippen molar-refractivity contribution in [2.45, 2.75) is 33.3 Å². The van der Waals surface area contributed by atoms with E-state index in [1.807, 2.05) is 0 Å². The van der Waals surface area contributed by atoms with Crippen LogP contribution in [0.15, 0.2) is 45.7 Å². The van der Waals surface area contributed by atoms with Crippen LogP contribution in [-0.2, 0) is 19.6 Å². The first kappa shape index (κ1) is 25.4. The number of amides is 1. The first-order valence-corrected chi connectivity index (χ1v) is 13.5. The van der Waals surface area contributed by atoms with Crippen molar-refractivity contribution in [3.8, 4) is 0 Å². The molecule has 34 heavy (non-hydrogen) atoms. The standard InChI is InChI=1S/C21H19Cl3N2O6S2/c1-20(2)17(18(27)28)26(7-8-33-20)34(30,31)12-4-6-15-14(10-12)13-5-3-11(9-16(13)32-15)25-19(29)21(22,23)24/h3-6,9-10,17H,7-8H2,1-2H3,(H,25,29)(H,27,28). The molecule has 1 amide bonds. The lowest BCUT2D eigenvalue weighted by atomic mass is 10.0. The summed E-state index contributed by atoms with van der Waals surface area (Å²) in [5.74, 6) is -1.55. The number of hydrogen-bond acceptors (Lipinski definition) is 6. The van der Waals surface area contributed by atoms with Crippen LogP contribution in [0.5, 0.6) is 0 Å². The minimum Gasteiger partial charge on any atom is -0.480 e. The van der Waals surface area contributed by atoms with E-state index in [1.54, 1.807) is 26.0 Å². The minimum atomic E-state index is -4.11. The monoisotopic (exact) mass is 564 g/mol. The molecule has 0 spiro atoms. The second kappa shape index (κ2) is 8.76. The Morgan fingerprint density at radius 2 is 1.85 bits per heavy atom. The number of halogens is 3. The summed E-state index contributed by atoms with van der Waals surface area (Å²) in [4.78, 5) is 23.9. The Labute approximate surface area is 214 Å². The maximum Gasteiger partial charge on any atom is 0.323 e. The molecule has 1 fully saturated rings. The van der Waals surface area contributed by atoms with Gasteiger partial charge in [0.25, 0.3) is 9.70 Å². The van der Waals surface area contributed by atoms with E-state index in [0.717, 1.165) is 4.31 Å². The van der Waals surface area contributed by atoms with Crippen LogP contribution in [0.2, 0.25) is 0 Å². The number of fused-ring (bicyclic) bond motifs is 3. The molecular formula is C21H19Cl3N2O6S2. The molecule has 0 radical (unpaired) electrons. The van der Waals surface area contributed by atoms with E-state index in [-0.39, 0.29) is 11.4 Å². The van der Waals surface area contributed by atoms with Crippen LogP contribution in [0.4, 0.5) is 5.69 Å². The number of carboxylic acids is 1. The second-order valence-electron chi connectivity index (χ2n) is 8.23. The molecule has 1 aromatic heterocycles. The maximum absolute atomic E-state index is 13.5. The number of anilines is 1. The molecule has 4 rings (SSSR count). The lowest BCUT2D eigenvalue weighted by molar-refractivity contribution is -0.142. The van der Waals surface area contributed by atoms with Crippen molar-refractivity contribution in [3.63, 3.8) is 0 Å². The third-order valence-corrected chi connectivity index (χ3v) is 9.26. The molecule has 0 bridgehead atoms. The zero-order chi connectivity index (χ0) is 25.1. The number of benzene rings is 2. The number of thioether (sulfide) groups is 1. The molecule has 2 N–H and O–H groups in total. The summed E-state index contributed by atoms with van der Waals surface area (Å²) in [7, 11) is -4.11. The highest BCUT2D eigenvalue weighted by Gasteiger charge is 2.48. The van der Waals surface area contributed by atoms with Gasteiger partial charge in [0, 0.05) is 39.6 Å². The molecule has 3 aromatic rings. The Hall–Kier alpha value is -1.69. The van der Waals surface area contributed by atoms with E-state index in [4.69, 9.17) is 39.2 Å². The summed E-state index contributed by atoms with van der Waals surface area (Å²) in [5.41, 5.74) is 1.13. The lowest BCUT2D eigenvalue weighted by Gasteiger charge is -2.42. The molecule has 0 aliphatic carbocycles. The smallest absolute Gasteiger partial charge is 0.323 e. The zero-order valence-corrected chi connectivity index (χ0v) is 21.7. The Bertz CT molecular complexity index is 1420. The molecule has 1 atom stereocenters. The van der Waals surface area contributed by atoms with Crippen LogP contribution in [0.3, 0.4) is 0 Å². The normalized spacial score (nSPS) is 19.4. The molecule has 2 aromatic carbocycles. The second-order valence-corrected chi connectivity index (χ2v) is 14.2. The Morgan fingerprint density at radius 1 is 1.15 bits per heavy atom. The van der Waals surface area contributed by atoms with E-state index in [1.165, 1.54) is 36.0 Å². The third kappa shape index (κ3) is 4.59. The number of furan rings is 1. The molecule has 1 aliphatic rings. The van der Waals surface area contributed by atoms with Gasteiger partial charge in [-0.3, -0.25) is 9.59 Å². The molecule has 0 saturated carbocycles. The maximum atomic E-state index is 13.5. The Morgan fingerprint density at radius 3 is 2.50 bits per heavy atom. The number of carboxylic acid groups (broad SMARTS) is 1. The molecule has 8 nitrogen and oxygen atoms in total. The summed E-state index contributed by atoms with van der Waals surface area (Å²) < 4.78 is 30.9. The van der Waals surface area contributed by atoms with Crippen molar-refractivity contribution < 1.29 is 27.5 Å². The number of rotatable bonds is 4. The van der Waals surface area contributed by atoms with Crippen molar-refractivity contribution in [2.24, 2.45) is 0 Å². The summed E-state index contributed by atoms with van der Waals surface area (Å²) >= 11 is 18.2. The predicted octanol–water partition coefficient (Wildman–Crippen LogP) is 4.86. The summed E-state index contributed by atoms with van der Waals surface area (Å²) in [6.07, 6.45) is 0. The predicted molar refractivity (Wildman–Crippen MR) is 134 cm³/mol. The van der Waals surface area contributed by atoms with E-state index >= 15 is 0 Å². The van der Waals surface area contributed by atoms with Gasteiger partial charge < -0.3 is 14.8 Å². The van der Waals surface area contributed by atoms with E-state index in [2.05, 4.69) is 5.32 Å². The number of hydrogen-bond donors (Lipinski definition) is 2. The third-order valence-electron chi connectivity index (χ3n) is 5.53. The molecule has 1 aliphatic heterocycles. The summed E-state index contributed by atoms with van der Waals surface area (Å²) in [5, 5.41) is 13.4. The van der Waals surface area contributed by atoms with Crippen LogP contribution < -0.4 is 5.32 Å². The van der Waals surface area contributed by atoms with E-state index in [0.29, 0.717) is 33.4 Å². The van der Waals surface area contributed by atoms with Crippen molar-refractivity contribution in [3.05, 3.63) is 36.4 Å². The van der Waals surface area contributed by atoms with Gasteiger partial charge >= 0.3 is 5.97 Å². The number of nitrogens with zero attached hydrogens (tertiary/aromatic N) is 1. The molecule has 182 valence electrons. The van der Waals surface area contributed by atoms with Gasteiger partial charge in [0.1, 0.15) is 17.2 Å². The quantitative estimate of drug-likeness (QED) is 0.434. The minimum absolute atomic E-state index is 0.0368. The van der Waals surface area contributed by atoms with E-state index < -0.39 is 36.5 Å². The molecular weight excluding hydrogens is 547 g/mol. The van der Waals surface area contributed by atoms with Crippen molar-refractivity contribution in [1.82, 2.24) is 4.31 Å². The number of sulfonamides is 1. The van der Waals surface area contributed by atoms with Crippen molar-refractivity contribution in [2.75, 3.05) is 17.6 Å². The van der Waals surface area contributed by atoms with Crippen LogP contribution in [0.1, 0.15) is 13.8 Å². The largest absolute Gasteiger partial charge is 0.480 e. The highest BCUT2D eigenvalue weighted by atomic mass is 35.6. The average molecular weight is 566 g/mol. The number of aliphatic carboxylic acids is 1. The molecule has 13 heteroatoms. The van der Waals surface area contributed by atoms with Crippen molar-refractivity contribution >= 4 is 96.1 Å². The average Bonchev–Trinajstić information content (AvgIpc) is 3.08. The summed E-state index contributed by atoms with van der Waals surface area (Å²) in [6.45, 7) is 3.54. The SMILES string of the molecule is CC1(C)SCCN(S(=O)(=O)c2ccc3oc4cc(NC(=O)C(Cl)(Cl)Cl)ccc4c3c2)C1C(=O)O. The Balaban J connectivity index is 1.75. The summed E-state index contributed by atoms with van der Waals surface area (Å²) in [6, 6.07) is 7.90. The van der Waals surface area contributed by atoms with Gasteiger partial charge in [-0.25, -0.2) is 8.42 Å². The fraction of sp³-hybridized carbons (Fsp3) is 0.333. The highest BCUT2D eigenvalue weighted by molar-refractivity contribution is 8.00. The lowest BCUT2D eigenvalue weighted by Crippen LogP contribution is -2.58. The van der Waals surface area contributed by atoms with E-state index in [9.17, 15) is 23.1 Å². The Kier molecular flexibility index (Phi) is 6.54. The van der Waals surface area contributed by atoms with Gasteiger partial charge in [0.2, 0.25) is 10.0 Å². The van der Waals surface area contributed by atoms with Gasteiger partial charge in [-0.1, -0.05) is 34.8 Å². The topological polar surface area (TPSA) is 117 Å². The number of carbonyl (C=O) groups is 2. The zero-order valence-electron chi connectivity index (χ0n) is 17.8. The molecule has 1 saturated heterocycles. The first-order valence-electron chi connectivity index (χ1n) is 9.95. The van der Waals surface area contributed by atoms with Crippen LogP contribution in [-0.4, -0.2) is 56.6 Å². The highest BCUT2D eigenvalue weighted by Crippen LogP contribution is 2.39. The van der Waals surface area contributed by atoms with Crippen LogP contribution >= 0.6 is 46.6 Å². The van der Waals surface area contributed by atoms with Crippen LogP contribution in [0.25, 0.3) is 21.9 Å². The number of alkyl halides is 3. The van der Waals surface area contributed by atoms with Gasteiger partial charge in [-0.15, -0.1) is 0 Å². The fourth-order valence-electron chi connectivity index (χ4n) is 3.96. The number of carbonyl (C=O) groups excluding carboxylic acids is 1. The molecule has 2 heterocycles. The van der Waals surface area contributed by atoms with Gasteiger partial charge in [-0.05, 0) is 44.2 Å². The van der Waals surface area contributed by atoms with Crippen LogP contribution in [0, 0.1) is 0 Å². The first-order chi connectivity index (χ1) is 15.7. The fourth-order valence-corrected chi connectivity index (χ4v) is 7.23. The van der Waals surface area contributed by atoms with Gasteiger partial charge in [0.05, 0.1) is 4.90 Å².